The summed E-state index contributed by atoms with van der Waals surface area (Å²) in [6, 6.07) is 1.67. The summed E-state index contributed by atoms with van der Waals surface area (Å²) >= 11 is 0. The lowest BCUT2D eigenvalue weighted by atomic mass is 9.85. The molecule has 1 aromatic rings. The zero-order valence-corrected chi connectivity index (χ0v) is 10.1. The van der Waals surface area contributed by atoms with Gasteiger partial charge in [0.1, 0.15) is 5.41 Å². The van der Waals surface area contributed by atoms with E-state index >= 15 is 0 Å². The molecule has 94 valence electrons. The van der Waals surface area contributed by atoms with E-state index in [1.165, 1.54) is 0 Å². The zero-order valence-electron chi connectivity index (χ0n) is 10.1. The van der Waals surface area contributed by atoms with Crippen LogP contribution >= 0.6 is 0 Å². The second-order valence-electron chi connectivity index (χ2n) is 4.00. The fraction of sp³-hybridized carbons (Fsp3) is 0.500. The minimum Gasteiger partial charge on any atom is -0.409 e. The van der Waals surface area contributed by atoms with Gasteiger partial charge in [-0.2, -0.15) is 5.10 Å². The van der Waals surface area contributed by atoms with Crippen molar-refractivity contribution in [2.45, 2.75) is 20.3 Å². The second-order valence-corrected chi connectivity index (χ2v) is 4.00. The van der Waals surface area contributed by atoms with E-state index in [0.717, 1.165) is 0 Å². The van der Waals surface area contributed by atoms with Gasteiger partial charge in [0.05, 0.1) is 0 Å². The van der Waals surface area contributed by atoms with Crippen molar-refractivity contribution in [1.29, 1.82) is 0 Å². The molecule has 0 spiro atoms. The molecule has 7 heteroatoms. The van der Waals surface area contributed by atoms with Crippen LogP contribution in [0.1, 0.15) is 20.3 Å². The van der Waals surface area contributed by atoms with E-state index in [1.54, 1.807) is 37.8 Å². The maximum Gasteiger partial charge on any atom is 0.239 e. The van der Waals surface area contributed by atoms with Crippen molar-refractivity contribution in [2.75, 3.05) is 5.32 Å². The average molecular weight is 239 g/mol. The van der Waals surface area contributed by atoms with Gasteiger partial charge in [-0.25, -0.2) is 0 Å². The molecule has 0 saturated carbocycles. The van der Waals surface area contributed by atoms with Gasteiger partial charge < -0.3 is 16.3 Å². The number of rotatable bonds is 4. The highest BCUT2D eigenvalue weighted by atomic mass is 16.4. The molecule has 0 aliphatic heterocycles. The molecule has 0 aliphatic carbocycles. The van der Waals surface area contributed by atoms with E-state index < -0.39 is 5.41 Å². The fourth-order valence-electron chi connectivity index (χ4n) is 1.30. The Hall–Kier alpha value is -2.05. The van der Waals surface area contributed by atoms with Crippen LogP contribution in [0, 0.1) is 5.41 Å². The van der Waals surface area contributed by atoms with Crippen LogP contribution in [-0.2, 0) is 11.8 Å². The van der Waals surface area contributed by atoms with Crippen molar-refractivity contribution in [3.8, 4) is 0 Å². The Bertz CT molecular complexity index is 440. The molecule has 0 aliphatic rings. The van der Waals surface area contributed by atoms with Crippen LogP contribution in [0.25, 0.3) is 0 Å². The summed E-state index contributed by atoms with van der Waals surface area (Å²) in [5.74, 6) is -0.0367. The molecule has 0 radical (unpaired) electrons. The van der Waals surface area contributed by atoms with Crippen LogP contribution in [0.15, 0.2) is 17.4 Å². The quantitative estimate of drug-likeness (QED) is 0.308. The smallest absolute Gasteiger partial charge is 0.239 e. The van der Waals surface area contributed by atoms with Crippen molar-refractivity contribution in [3.05, 3.63) is 12.3 Å². The number of amidine groups is 1. The Balaban J connectivity index is 2.88. The first-order chi connectivity index (χ1) is 7.93. The number of oxime groups is 1. The second kappa shape index (κ2) is 4.86. The van der Waals surface area contributed by atoms with Crippen molar-refractivity contribution >= 4 is 17.6 Å². The van der Waals surface area contributed by atoms with Gasteiger partial charge in [0.15, 0.2) is 11.7 Å². The third-order valence-electron chi connectivity index (χ3n) is 2.84. The largest absolute Gasteiger partial charge is 0.409 e. The Morgan fingerprint density at radius 1 is 1.76 bits per heavy atom. The summed E-state index contributed by atoms with van der Waals surface area (Å²) in [5.41, 5.74) is 4.49. The number of amides is 1. The normalized spacial score (nSPS) is 15.4. The number of nitrogens with zero attached hydrogens (tertiary/aromatic N) is 3. The molecular formula is C10H17N5O2. The summed E-state index contributed by atoms with van der Waals surface area (Å²) in [4.78, 5) is 12.0. The van der Waals surface area contributed by atoms with Crippen LogP contribution < -0.4 is 11.1 Å². The Morgan fingerprint density at radius 2 is 2.41 bits per heavy atom. The highest BCUT2D eigenvalue weighted by Crippen LogP contribution is 2.23. The van der Waals surface area contributed by atoms with Crippen molar-refractivity contribution in [3.63, 3.8) is 0 Å². The van der Waals surface area contributed by atoms with Gasteiger partial charge in [0.25, 0.3) is 0 Å². The highest BCUT2D eigenvalue weighted by molar-refractivity contribution is 6.11. The summed E-state index contributed by atoms with van der Waals surface area (Å²) in [6.45, 7) is 3.40. The standard InChI is InChI=1S/C10H17N5O2/c1-4-10(2,8(11)14-17)9(16)12-7-5-6-15(3)13-7/h5-6,17H,4H2,1-3H3,(H2,11,14)(H,12,13,16). The number of carbonyl (C=O) groups excluding carboxylic acids is 1. The summed E-state index contributed by atoms with van der Waals surface area (Å²) in [6.07, 6.45) is 2.13. The molecule has 1 aromatic heterocycles. The topological polar surface area (TPSA) is 106 Å². The maximum absolute atomic E-state index is 12.0. The lowest BCUT2D eigenvalue weighted by Gasteiger charge is -2.24. The van der Waals surface area contributed by atoms with Gasteiger partial charge in [-0.3, -0.25) is 9.48 Å². The third-order valence-corrected chi connectivity index (χ3v) is 2.84. The van der Waals surface area contributed by atoms with Crippen LogP contribution in [0.3, 0.4) is 0 Å². The number of aromatic nitrogens is 2. The molecule has 7 nitrogen and oxygen atoms in total. The molecule has 4 N–H and O–H groups in total. The predicted octanol–water partition coefficient (Wildman–Crippen LogP) is 0.521. The molecule has 1 atom stereocenters. The fourth-order valence-corrected chi connectivity index (χ4v) is 1.30. The van der Waals surface area contributed by atoms with E-state index in [1.807, 2.05) is 0 Å². The first kappa shape index (κ1) is 13.0. The average Bonchev–Trinajstić information content (AvgIpc) is 2.72. The van der Waals surface area contributed by atoms with Crippen LogP contribution in [-0.4, -0.2) is 26.7 Å². The van der Waals surface area contributed by atoms with Gasteiger partial charge in [0.2, 0.25) is 5.91 Å². The van der Waals surface area contributed by atoms with Gasteiger partial charge in [-0.05, 0) is 13.3 Å². The Kier molecular flexibility index (Phi) is 3.72. The molecule has 1 rings (SSSR count). The van der Waals surface area contributed by atoms with Crippen LogP contribution in [0.5, 0.6) is 0 Å². The van der Waals surface area contributed by atoms with E-state index in [4.69, 9.17) is 10.9 Å². The molecule has 17 heavy (non-hydrogen) atoms. The molecule has 0 fully saturated rings. The number of hydrogen-bond acceptors (Lipinski definition) is 4. The molecule has 0 bridgehead atoms. The van der Waals surface area contributed by atoms with Gasteiger partial charge in [0, 0.05) is 19.3 Å². The number of nitrogens with two attached hydrogens (primary N) is 1. The van der Waals surface area contributed by atoms with Gasteiger partial charge >= 0.3 is 0 Å². The monoisotopic (exact) mass is 239 g/mol. The summed E-state index contributed by atoms with van der Waals surface area (Å²) < 4.78 is 1.57. The summed E-state index contributed by atoms with van der Waals surface area (Å²) in [5, 5.41) is 18.2. The molecular weight excluding hydrogens is 222 g/mol. The Labute approximate surface area is 99.3 Å². The third kappa shape index (κ3) is 2.55. The van der Waals surface area contributed by atoms with Crippen LogP contribution in [0.4, 0.5) is 5.82 Å². The lowest BCUT2D eigenvalue weighted by Crippen LogP contribution is -2.44. The maximum atomic E-state index is 12.0. The van der Waals surface area contributed by atoms with E-state index in [-0.39, 0.29) is 11.7 Å². The van der Waals surface area contributed by atoms with Crippen molar-refractivity contribution in [2.24, 2.45) is 23.4 Å². The summed E-state index contributed by atoms with van der Waals surface area (Å²) in [7, 11) is 1.75. The van der Waals surface area contributed by atoms with Gasteiger partial charge in [-0.15, -0.1) is 0 Å². The van der Waals surface area contributed by atoms with Crippen molar-refractivity contribution < 1.29 is 10.0 Å². The predicted molar refractivity (Wildman–Crippen MR) is 63.6 cm³/mol. The van der Waals surface area contributed by atoms with E-state index in [0.29, 0.717) is 12.2 Å². The number of hydrogen-bond donors (Lipinski definition) is 3. The number of nitrogens with one attached hydrogen (secondary N) is 1. The highest BCUT2D eigenvalue weighted by Gasteiger charge is 2.36. The minimum atomic E-state index is -1.05. The first-order valence-corrected chi connectivity index (χ1v) is 5.23. The van der Waals surface area contributed by atoms with Crippen molar-refractivity contribution in [1.82, 2.24) is 9.78 Å². The van der Waals surface area contributed by atoms with E-state index in [2.05, 4.69) is 15.6 Å². The van der Waals surface area contributed by atoms with Crippen LogP contribution in [0.2, 0.25) is 0 Å². The molecule has 1 amide bonds. The molecule has 1 unspecified atom stereocenters. The lowest BCUT2D eigenvalue weighted by molar-refractivity contribution is -0.121. The minimum absolute atomic E-state index is 0.117. The van der Waals surface area contributed by atoms with Gasteiger partial charge in [-0.1, -0.05) is 12.1 Å². The molecule has 0 aromatic carbocycles. The number of carbonyl (C=O) groups is 1. The Morgan fingerprint density at radius 3 is 2.82 bits per heavy atom. The molecule has 1 heterocycles. The number of aryl methyl sites for hydroxylation is 1. The SMILES string of the molecule is CCC(C)(C(=O)Nc1ccn(C)n1)/C(N)=N/O. The molecule has 0 saturated heterocycles. The number of anilines is 1. The first-order valence-electron chi connectivity index (χ1n) is 5.23. The van der Waals surface area contributed by atoms with E-state index in [9.17, 15) is 4.79 Å². The zero-order chi connectivity index (χ0) is 13.1.